The molecule has 0 aliphatic carbocycles. The normalized spacial score (nSPS) is 10.7. The number of hydrogen-bond donors (Lipinski definition) is 4. The monoisotopic (exact) mass is 429 g/mol. The summed E-state index contributed by atoms with van der Waals surface area (Å²) in [6.07, 6.45) is -3.28. The molecule has 0 saturated heterocycles. The van der Waals surface area contributed by atoms with Gasteiger partial charge in [-0.15, -0.1) is 0 Å². The molecule has 0 aliphatic heterocycles. The van der Waals surface area contributed by atoms with E-state index in [1.807, 2.05) is 5.32 Å². The summed E-state index contributed by atoms with van der Waals surface area (Å²) in [6.45, 7) is 0. The molecule has 2 aromatic rings. The smallest absolute Gasteiger partial charge is 0.278 e. The van der Waals surface area contributed by atoms with Crippen LogP contribution >= 0.6 is 11.6 Å². The number of benzene rings is 2. The first-order chi connectivity index (χ1) is 14.3. The lowest BCUT2D eigenvalue weighted by molar-refractivity contribution is -0.129. The molecule has 0 fully saturated rings. The van der Waals surface area contributed by atoms with Crippen LogP contribution in [0.5, 0.6) is 0 Å². The van der Waals surface area contributed by atoms with E-state index in [0.717, 1.165) is 11.0 Å². The quantitative estimate of drug-likeness (QED) is 0.254. The lowest BCUT2D eigenvalue weighted by atomic mass is 10.1. The molecule has 30 heavy (non-hydrogen) atoms. The number of carbonyl (C=O) groups excluding carboxylic acids is 2. The molecule has 2 amide bonds. The molecule has 0 aromatic heterocycles. The zero-order chi connectivity index (χ0) is 22.1. The van der Waals surface area contributed by atoms with Gasteiger partial charge in [-0.2, -0.15) is 0 Å². The summed E-state index contributed by atoms with van der Waals surface area (Å²) in [5.41, 5.74) is 1.13. The lowest BCUT2D eigenvalue weighted by Crippen LogP contribution is -2.52. The molecule has 0 radical (unpaired) electrons. The zero-order valence-corrected chi connectivity index (χ0v) is 15.9. The molecule has 0 aliphatic rings. The highest BCUT2D eigenvalue weighted by Gasteiger charge is 2.30. The van der Waals surface area contributed by atoms with Crippen molar-refractivity contribution in [3.8, 4) is 23.7 Å². The van der Waals surface area contributed by atoms with E-state index in [0.29, 0.717) is 10.6 Å². The van der Waals surface area contributed by atoms with E-state index in [4.69, 9.17) is 22.2 Å². The standard InChI is InChI=1S/C21H14ClF2N3O3/c22-16-11-7-14(8-12-16)4-2-1-3-13-5-9-15(10-6-13)20(28)26-18(21(29)27-30)17(25)19(23)24/h5-12,18-19,25,30H,(H,26,28)(H,27,29)/t18-/m0/s1. The summed E-state index contributed by atoms with van der Waals surface area (Å²) >= 11 is 5.79. The first-order valence-corrected chi connectivity index (χ1v) is 8.68. The second kappa shape index (κ2) is 10.7. The Balaban J connectivity index is 2.06. The van der Waals surface area contributed by atoms with Gasteiger partial charge in [0, 0.05) is 21.7 Å². The summed E-state index contributed by atoms with van der Waals surface area (Å²) < 4.78 is 25.4. The van der Waals surface area contributed by atoms with Crippen molar-refractivity contribution in [2.75, 3.05) is 0 Å². The number of alkyl halides is 2. The van der Waals surface area contributed by atoms with E-state index in [-0.39, 0.29) is 5.56 Å². The Morgan fingerprint density at radius 3 is 1.93 bits per heavy atom. The Bertz CT molecular complexity index is 1060. The van der Waals surface area contributed by atoms with Crippen LogP contribution in [-0.2, 0) is 4.79 Å². The summed E-state index contributed by atoms with van der Waals surface area (Å²) in [4.78, 5) is 23.6. The molecule has 0 heterocycles. The summed E-state index contributed by atoms with van der Waals surface area (Å²) in [5.74, 6) is 8.73. The lowest BCUT2D eigenvalue weighted by Gasteiger charge is -2.17. The van der Waals surface area contributed by atoms with Crippen LogP contribution in [0.3, 0.4) is 0 Å². The fourth-order valence-corrected chi connectivity index (χ4v) is 2.26. The third kappa shape index (κ3) is 6.42. The maximum Gasteiger partial charge on any atom is 0.278 e. The average molecular weight is 430 g/mol. The molecular formula is C21H14ClF2N3O3. The Labute approximate surface area is 175 Å². The summed E-state index contributed by atoms with van der Waals surface area (Å²) in [7, 11) is 0. The van der Waals surface area contributed by atoms with Crippen LogP contribution < -0.4 is 10.8 Å². The van der Waals surface area contributed by atoms with Crippen LogP contribution in [0.15, 0.2) is 48.5 Å². The van der Waals surface area contributed by atoms with Crippen molar-refractivity contribution in [1.29, 1.82) is 5.41 Å². The predicted octanol–water partition coefficient (Wildman–Crippen LogP) is 2.63. The summed E-state index contributed by atoms with van der Waals surface area (Å²) in [6, 6.07) is 10.7. The van der Waals surface area contributed by atoms with Crippen molar-refractivity contribution >= 4 is 29.1 Å². The molecule has 0 saturated carbocycles. The van der Waals surface area contributed by atoms with Gasteiger partial charge in [-0.1, -0.05) is 23.4 Å². The van der Waals surface area contributed by atoms with Gasteiger partial charge in [-0.25, -0.2) is 14.3 Å². The first-order valence-electron chi connectivity index (χ1n) is 8.30. The van der Waals surface area contributed by atoms with Crippen LogP contribution in [0.25, 0.3) is 0 Å². The van der Waals surface area contributed by atoms with Crippen molar-refractivity contribution in [3.05, 3.63) is 70.2 Å². The van der Waals surface area contributed by atoms with Crippen molar-refractivity contribution in [2.45, 2.75) is 12.5 Å². The van der Waals surface area contributed by atoms with Gasteiger partial charge in [-0.3, -0.25) is 14.8 Å². The Morgan fingerprint density at radius 2 is 1.47 bits per heavy atom. The Morgan fingerprint density at radius 1 is 0.967 bits per heavy atom. The van der Waals surface area contributed by atoms with E-state index < -0.39 is 30.0 Å². The molecule has 0 spiro atoms. The van der Waals surface area contributed by atoms with Gasteiger partial charge in [0.2, 0.25) is 0 Å². The fraction of sp³-hybridized carbons (Fsp3) is 0.0952. The van der Waals surface area contributed by atoms with Gasteiger partial charge in [0.15, 0.2) is 6.04 Å². The Kier molecular flexibility index (Phi) is 8.07. The van der Waals surface area contributed by atoms with Crippen LogP contribution in [0, 0.1) is 29.1 Å². The average Bonchev–Trinajstić information content (AvgIpc) is 2.75. The molecule has 6 nitrogen and oxygen atoms in total. The molecule has 9 heteroatoms. The van der Waals surface area contributed by atoms with Gasteiger partial charge < -0.3 is 10.7 Å². The molecular weight excluding hydrogens is 416 g/mol. The second-order valence-corrected chi connectivity index (χ2v) is 6.16. The molecule has 152 valence electrons. The summed E-state index contributed by atoms with van der Waals surface area (Å²) in [5, 5.41) is 18.4. The first kappa shape index (κ1) is 22.6. The molecule has 4 N–H and O–H groups in total. The number of hydroxylamine groups is 1. The number of rotatable bonds is 5. The van der Waals surface area contributed by atoms with Gasteiger partial charge in [0.1, 0.15) is 5.71 Å². The van der Waals surface area contributed by atoms with E-state index in [9.17, 15) is 18.4 Å². The van der Waals surface area contributed by atoms with Crippen molar-refractivity contribution in [2.24, 2.45) is 0 Å². The van der Waals surface area contributed by atoms with Gasteiger partial charge in [0.25, 0.3) is 18.2 Å². The number of halogens is 3. The number of hydrogen-bond acceptors (Lipinski definition) is 4. The van der Waals surface area contributed by atoms with Gasteiger partial charge >= 0.3 is 0 Å². The second-order valence-electron chi connectivity index (χ2n) is 5.72. The van der Waals surface area contributed by atoms with E-state index in [1.54, 1.807) is 24.3 Å². The van der Waals surface area contributed by atoms with Crippen LogP contribution in [0.1, 0.15) is 21.5 Å². The third-order valence-electron chi connectivity index (χ3n) is 3.66. The zero-order valence-electron chi connectivity index (χ0n) is 15.2. The molecule has 2 rings (SSSR count). The van der Waals surface area contributed by atoms with Crippen molar-refractivity contribution in [1.82, 2.24) is 10.8 Å². The minimum absolute atomic E-state index is 0.0469. The maximum atomic E-state index is 12.7. The molecule has 1 atom stereocenters. The van der Waals surface area contributed by atoms with Gasteiger partial charge in [0.05, 0.1) is 0 Å². The highest BCUT2D eigenvalue weighted by atomic mass is 35.5. The Hall–Kier alpha value is -3.72. The SMILES string of the molecule is N=C(C(F)F)[C@H](NC(=O)c1ccc(C#CC#Cc2ccc(Cl)cc2)cc1)C(=O)NO. The van der Waals surface area contributed by atoms with Crippen molar-refractivity contribution in [3.63, 3.8) is 0 Å². The van der Waals surface area contributed by atoms with Crippen LogP contribution in [0.4, 0.5) is 8.78 Å². The molecule has 0 bridgehead atoms. The minimum atomic E-state index is -3.28. The highest BCUT2D eigenvalue weighted by Crippen LogP contribution is 2.08. The van der Waals surface area contributed by atoms with Crippen LogP contribution in [-0.4, -0.2) is 35.2 Å². The highest BCUT2D eigenvalue weighted by molar-refractivity contribution is 6.30. The third-order valence-corrected chi connectivity index (χ3v) is 3.91. The number of amides is 2. The van der Waals surface area contributed by atoms with Crippen molar-refractivity contribution < 1.29 is 23.6 Å². The number of carbonyl (C=O) groups is 2. The molecule has 2 aromatic carbocycles. The number of nitrogens with one attached hydrogen (secondary N) is 3. The van der Waals surface area contributed by atoms with Gasteiger partial charge in [-0.05, 0) is 60.4 Å². The van der Waals surface area contributed by atoms with Crippen LogP contribution in [0.2, 0.25) is 5.02 Å². The van der Waals surface area contributed by atoms with E-state index in [2.05, 4.69) is 23.7 Å². The topological polar surface area (TPSA) is 102 Å². The van der Waals surface area contributed by atoms with E-state index >= 15 is 0 Å². The van der Waals surface area contributed by atoms with E-state index in [1.165, 1.54) is 24.3 Å². The fourth-order valence-electron chi connectivity index (χ4n) is 2.13. The largest absolute Gasteiger partial charge is 0.335 e. The maximum absolute atomic E-state index is 12.7. The molecule has 0 unspecified atom stereocenters. The predicted molar refractivity (Wildman–Crippen MR) is 107 cm³/mol. The minimum Gasteiger partial charge on any atom is -0.335 e.